The Bertz CT molecular complexity index is 371. The second kappa shape index (κ2) is 3.51. The summed E-state index contributed by atoms with van der Waals surface area (Å²) in [6.07, 6.45) is 1.23. The predicted octanol–water partition coefficient (Wildman–Crippen LogP) is 3.56. The molecule has 1 nitrogen and oxygen atoms in total. The van der Waals surface area contributed by atoms with Gasteiger partial charge in [-0.15, -0.1) is 0 Å². The van der Waals surface area contributed by atoms with Crippen LogP contribution in [-0.4, -0.2) is 6.61 Å². The highest BCUT2D eigenvalue weighted by Crippen LogP contribution is 2.51. The number of halogens is 1. The zero-order chi connectivity index (χ0) is 11.1. The van der Waals surface area contributed by atoms with Crippen molar-refractivity contribution in [2.75, 3.05) is 6.61 Å². The van der Waals surface area contributed by atoms with Gasteiger partial charge >= 0.3 is 0 Å². The van der Waals surface area contributed by atoms with Crippen molar-refractivity contribution in [3.63, 3.8) is 0 Å². The lowest BCUT2D eigenvalue weighted by Gasteiger charge is -2.09. The quantitative estimate of drug-likeness (QED) is 0.738. The molecule has 0 radical (unpaired) electrons. The molecule has 1 aliphatic carbocycles. The molecular formula is C13H17FO. The minimum absolute atomic E-state index is 0.202. The van der Waals surface area contributed by atoms with Crippen molar-refractivity contribution in [2.24, 2.45) is 11.3 Å². The van der Waals surface area contributed by atoms with Gasteiger partial charge in [0.25, 0.3) is 0 Å². The summed E-state index contributed by atoms with van der Waals surface area (Å²) in [5.41, 5.74) is 1.31. The molecule has 1 unspecified atom stereocenters. The fraction of sp³-hybridized carbons (Fsp3) is 0.538. The number of aryl methyl sites for hydroxylation is 1. The minimum atomic E-state index is -0.202. The molecule has 1 aromatic rings. The molecule has 1 atom stereocenters. The first-order valence-corrected chi connectivity index (χ1v) is 5.38. The van der Waals surface area contributed by atoms with Crippen LogP contribution in [0.2, 0.25) is 0 Å². The van der Waals surface area contributed by atoms with Crippen LogP contribution in [0.15, 0.2) is 18.2 Å². The fourth-order valence-electron chi connectivity index (χ4n) is 1.83. The molecule has 0 amide bonds. The molecule has 0 N–H and O–H groups in total. The molecule has 82 valence electrons. The summed E-state index contributed by atoms with van der Waals surface area (Å²) in [6, 6.07) is 4.66. The molecule has 1 saturated carbocycles. The third-order valence-electron chi connectivity index (χ3n) is 3.29. The minimum Gasteiger partial charge on any atom is -0.493 e. The van der Waals surface area contributed by atoms with Crippen LogP contribution in [0.5, 0.6) is 5.75 Å². The van der Waals surface area contributed by atoms with Crippen LogP contribution in [0, 0.1) is 24.1 Å². The lowest BCUT2D eigenvalue weighted by molar-refractivity contribution is 0.277. The molecule has 0 bridgehead atoms. The maximum absolute atomic E-state index is 12.8. The lowest BCUT2D eigenvalue weighted by Crippen LogP contribution is -2.04. The Balaban J connectivity index is 1.94. The third kappa shape index (κ3) is 2.31. The van der Waals surface area contributed by atoms with Crippen molar-refractivity contribution in [1.82, 2.24) is 0 Å². The van der Waals surface area contributed by atoms with E-state index in [0.29, 0.717) is 11.3 Å². The SMILES string of the molecule is Cc1cc(F)ccc1OCC1CC1(C)C. The number of hydrogen-bond donors (Lipinski definition) is 0. The molecule has 0 heterocycles. The molecule has 2 rings (SSSR count). The van der Waals surface area contributed by atoms with Crippen LogP contribution in [0.25, 0.3) is 0 Å². The van der Waals surface area contributed by atoms with E-state index in [0.717, 1.165) is 17.9 Å². The van der Waals surface area contributed by atoms with E-state index in [9.17, 15) is 4.39 Å². The van der Waals surface area contributed by atoms with Crippen molar-refractivity contribution in [2.45, 2.75) is 27.2 Å². The zero-order valence-corrected chi connectivity index (χ0v) is 9.51. The largest absolute Gasteiger partial charge is 0.493 e. The van der Waals surface area contributed by atoms with Gasteiger partial charge < -0.3 is 4.74 Å². The van der Waals surface area contributed by atoms with Gasteiger partial charge in [-0.25, -0.2) is 4.39 Å². The van der Waals surface area contributed by atoms with Crippen LogP contribution in [0.4, 0.5) is 4.39 Å². The summed E-state index contributed by atoms with van der Waals surface area (Å²) in [4.78, 5) is 0. The van der Waals surface area contributed by atoms with Crippen LogP contribution in [-0.2, 0) is 0 Å². The lowest BCUT2D eigenvalue weighted by atomic mass is 10.1. The Morgan fingerprint density at radius 1 is 1.47 bits per heavy atom. The Kier molecular flexibility index (Phi) is 2.45. The summed E-state index contributed by atoms with van der Waals surface area (Å²) >= 11 is 0. The predicted molar refractivity (Wildman–Crippen MR) is 58.5 cm³/mol. The Morgan fingerprint density at radius 2 is 2.13 bits per heavy atom. The van der Waals surface area contributed by atoms with Gasteiger partial charge in [-0.05, 0) is 48.4 Å². The molecule has 2 heteroatoms. The number of hydrogen-bond acceptors (Lipinski definition) is 1. The van der Waals surface area contributed by atoms with Gasteiger partial charge in [0.1, 0.15) is 11.6 Å². The highest BCUT2D eigenvalue weighted by molar-refractivity contribution is 5.32. The van der Waals surface area contributed by atoms with Crippen molar-refractivity contribution in [3.8, 4) is 5.75 Å². The molecule has 0 spiro atoms. The summed E-state index contributed by atoms with van der Waals surface area (Å²) in [6.45, 7) is 7.12. The van der Waals surface area contributed by atoms with Gasteiger partial charge in [0.2, 0.25) is 0 Å². The van der Waals surface area contributed by atoms with E-state index in [-0.39, 0.29) is 5.82 Å². The van der Waals surface area contributed by atoms with Crippen molar-refractivity contribution >= 4 is 0 Å². The first kappa shape index (κ1) is 10.5. The molecular weight excluding hydrogens is 191 g/mol. The van der Waals surface area contributed by atoms with E-state index in [2.05, 4.69) is 13.8 Å². The summed E-state index contributed by atoms with van der Waals surface area (Å²) in [5, 5.41) is 0. The number of rotatable bonds is 3. The topological polar surface area (TPSA) is 9.23 Å². The molecule has 0 saturated heterocycles. The van der Waals surface area contributed by atoms with Crippen LogP contribution in [0.1, 0.15) is 25.8 Å². The summed E-state index contributed by atoms with van der Waals surface area (Å²) in [5.74, 6) is 1.26. The van der Waals surface area contributed by atoms with Crippen LogP contribution in [0.3, 0.4) is 0 Å². The van der Waals surface area contributed by atoms with Gasteiger partial charge in [-0.3, -0.25) is 0 Å². The summed E-state index contributed by atoms with van der Waals surface area (Å²) < 4.78 is 18.5. The van der Waals surface area contributed by atoms with Gasteiger partial charge in [-0.2, -0.15) is 0 Å². The second-order valence-corrected chi connectivity index (χ2v) is 5.11. The Morgan fingerprint density at radius 3 is 2.67 bits per heavy atom. The van der Waals surface area contributed by atoms with E-state index in [1.165, 1.54) is 18.6 Å². The number of benzene rings is 1. The van der Waals surface area contributed by atoms with E-state index in [1.54, 1.807) is 6.07 Å². The van der Waals surface area contributed by atoms with E-state index < -0.39 is 0 Å². The van der Waals surface area contributed by atoms with Gasteiger partial charge in [0, 0.05) is 0 Å². The zero-order valence-electron chi connectivity index (χ0n) is 9.51. The van der Waals surface area contributed by atoms with Crippen LogP contribution < -0.4 is 4.74 Å². The molecule has 0 aromatic heterocycles. The average molecular weight is 208 g/mol. The second-order valence-electron chi connectivity index (χ2n) is 5.11. The molecule has 1 fully saturated rings. The molecule has 1 aliphatic rings. The third-order valence-corrected chi connectivity index (χ3v) is 3.29. The maximum Gasteiger partial charge on any atom is 0.123 e. The first-order valence-electron chi connectivity index (χ1n) is 5.38. The first-order chi connectivity index (χ1) is 6.99. The fourth-order valence-corrected chi connectivity index (χ4v) is 1.83. The standard InChI is InChI=1S/C13H17FO/c1-9-6-11(14)4-5-12(9)15-8-10-7-13(10,2)3/h4-6,10H,7-8H2,1-3H3. The average Bonchev–Trinajstić information content (AvgIpc) is 2.73. The highest BCUT2D eigenvalue weighted by Gasteiger charge is 2.45. The molecule has 0 aliphatic heterocycles. The Hall–Kier alpha value is -1.05. The van der Waals surface area contributed by atoms with Crippen LogP contribution >= 0.6 is 0 Å². The monoisotopic (exact) mass is 208 g/mol. The normalized spacial score (nSPS) is 22.5. The van der Waals surface area contributed by atoms with Gasteiger partial charge in [0.15, 0.2) is 0 Å². The van der Waals surface area contributed by atoms with Crippen molar-refractivity contribution in [1.29, 1.82) is 0 Å². The summed E-state index contributed by atoms with van der Waals surface area (Å²) in [7, 11) is 0. The van der Waals surface area contributed by atoms with E-state index >= 15 is 0 Å². The highest BCUT2D eigenvalue weighted by atomic mass is 19.1. The molecule has 1 aromatic carbocycles. The maximum atomic E-state index is 12.8. The van der Waals surface area contributed by atoms with Crippen molar-refractivity contribution in [3.05, 3.63) is 29.6 Å². The Labute approximate surface area is 90.3 Å². The van der Waals surface area contributed by atoms with Crippen molar-refractivity contribution < 1.29 is 9.13 Å². The van der Waals surface area contributed by atoms with Gasteiger partial charge in [-0.1, -0.05) is 13.8 Å². The molecule has 15 heavy (non-hydrogen) atoms. The number of ether oxygens (including phenoxy) is 1. The van der Waals surface area contributed by atoms with E-state index in [4.69, 9.17) is 4.74 Å². The van der Waals surface area contributed by atoms with E-state index in [1.807, 2.05) is 6.92 Å². The smallest absolute Gasteiger partial charge is 0.123 e. The van der Waals surface area contributed by atoms with Gasteiger partial charge in [0.05, 0.1) is 6.61 Å².